The Balaban J connectivity index is 1.99. The van der Waals surface area contributed by atoms with Crippen LogP contribution < -0.4 is 0 Å². The lowest BCUT2D eigenvalue weighted by atomic mass is 9.88. The number of alkyl halides is 6. The molecule has 26 heavy (non-hydrogen) atoms. The Hall–Kier alpha value is -1.98. The average Bonchev–Trinajstić information content (AvgIpc) is 2.58. The molecule has 0 nitrogen and oxygen atoms in total. The molecule has 0 radical (unpaired) electrons. The zero-order chi connectivity index (χ0) is 19.5. The molecule has 2 unspecified atom stereocenters. The van der Waals surface area contributed by atoms with E-state index in [1.54, 1.807) is 6.07 Å². The first-order valence-corrected chi connectivity index (χ1v) is 8.33. The molecule has 0 heterocycles. The van der Waals surface area contributed by atoms with E-state index >= 15 is 0 Å². The fraction of sp³-hybridized carbons (Fsp3) is 0.400. The predicted molar refractivity (Wildman–Crippen MR) is 89.0 cm³/mol. The molecule has 2 rings (SSSR count). The summed E-state index contributed by atoms with van der Waals surface area (Å²) in [7, 11) is 0. The molecule has 0 saturated carbocycles. The van der Waals surface area contributed by atoms with Gasteiger partial charge in [-0.15, -0.1) is 0 Å². The second-order valence-corrected chi connectivity index (χ2v) is 6.62. The number of halogens is 6. The quantitative estimate of drug-likeness (QED) is 0.478. The van der Waals surface area contributed by atoms with Crippen LogP contribution in [0.2, 0.25) is 0 Å². The van der Waals surface area contributed by atoms with Crippen LogP contribution in [0.15, 0.2) is 48.5 Å². The van der Waals surface area contributed by atoms with Gasteiger partial charge in [0.1, 0.15) is 0 Å². The van der Waals surface area contributed by atoms with E-state index in [0.717, 1.165) is 29.8 Å². The maximum absolute atomic E-state index is 12.8. The topological polar surface area (TPSA) is 0 Å². The van der Waals surface area contributed by atoms with Crippen LogP contribution in [0.3, 0.4) is 0 Å². The fourth-order valence-electron chi connectivity index (χ4n) is 2.86. The lowest BCUT2D eigenvalue weighted by molar-refractivity contribution is -0.138. The summed E-state index contributed by atoms with van der Waals surface area (Å²) in [6, 6.07) is 10.3. The average molecular weight is 374 g/mol. The Bertz CT molecular complexity index is 712. The minimum absolute atomic E-state index is 0.0190. The van der Waals surface area contributed by atoms with Gasteiger partial charge in [-0.05, 0) is 54.0 Å². The number of benzene rings is 2. The van der Waals surface area contributed by atoms with E-state index in [0.29, 0.717) is 18.4 Å². The molecule has 0 spiro atoms. The van der Waals surface area contributed by atoms with Gasteiger partial charge in [0.2, 0.25) is 0 Å². The molecule has 2 aromatic rings. The summed E-state index contributed by atoms with van der Waals surface area (Å²) in [5.41, 5.74) is 0.0390. The van der Waals surface area contributed by atoms with Gasteiger partial charge < -0.3 is 0 Å². The van der Waals surface area contributed by atoms with Gasteiger partial charge >= 0.3 is 12.4 Å². The third-order valence-corrected chi connectivity index (χ3v) is 4.62. The summed E-state index contributed by atoms with van der Waals surface area (Å²) in [6.07, 6.45) is -7.42. The van der Waals surface area contributed by atoms with Crippen LogP contribution in [-0.2, 0) is 12.4 Å². The van der Waals surface area contributed by atoms with E-state index < -0.39 is 23.5 Å². The Morgan fingerprint density at radius 1 is 0.654 bits per heavy atom. The zero-order valence-corrected chi connectivity index (χ0v) is 14.5. The van der Waals surface area contributed by atoms with Gasteiger partial charge in [0.25, 0.3) is 0 Å². The van der Waals surface area contributed by atoms with Crippen molar-refractivity contribution >= 4 is 0 Å². The highest BCUT2D eigenvalue weighted by atomic mass is 19.4. The van der Waals surface area contributed by atoms with E-state index in [1.165, 1.54) is 18.2 Å². The minimum Gasteiger partial charge on any atom is -0.166 e. The number of hydrogen-bond acceptors (Lipinski definition) is 0. The SMILES string of the molecule is CC(CCC(C)c1cccc(C(F)(F)F)c1)c1ccc(C(F)(F)F)cc1. The summed E-state index contributed by atoms with van der Waals surface area (Å²) in [5, 5.41) is 0. The second-order valence-electron chi connectivity index (χ2n) is 6.62. The first kappa shape index (κ1) is 20.3. The molecule has 0 amide bonds. The Labute approximate surface area is 148 Å². The summed E-state index contributed by atoms with van der Waals surface area (Å²) in [6.45, 7) is 3.76. The molecule has 142 valence electrons. The van der Waals surface area contributed by atoms with Crippen molar-refractivity contribution in [3.8, 4) is 0 Å². The molecule has 0 bridgehead atoms. The smallest absolute Gasteiger partial charge is 0.166 e. The summed E-state index contributed by atoms with van der Waals surface area (Å²) in [5.74, 6) is -0.0558. The van der Waals surface area contributed by atoms with E-state index in [2.05, 4.69) is 0 Å². The first-order chi connectivity index (χ1) is 12.0. The van der Waals surface area contributed by atoms with Gasteiger partial charge in [0.05, 0.1) is 11.1 Å². The Morgan fingerprint density at radius 2 is 1.15 bits per heavy atom. The van der Waals surface area contributed by atoms with E-state index in [4.69, 9.17) is 0 Å². The standard InChI is InChI=1S/C20H20F6/c1-13(15-8-10-17(11-9-15)19(21,22)23)6-7-14(2)16-4-3-5-18(12-16)20(24,25)26/h3-5,8-14H,6-7H2,1-2H3. The van der Waals surface area contributed by atoms with Gasteiger partial charge in [-0.2, -0.15) is 26.3 Å². The number of hydrogen-bond donors (Lipinski definition) is 0. The van der Waals surface area contributed by atoms with Crippen LogP contribution >= 0.6 is 0 Å². The highest BCUT2D eigenvalue weighted by Crippen LogP contribution is 2.34. The maximum atomic E-state index is 12.8. The highest BCUT2D eigenvalue weighted by molar-refractivity contribution is 5.29. The van der Waals surface area contributed by atoms with Crippen molar-refractivity contribution in [2.24, 2.45) is 0 Å². The largest absolute Gasteiger partial charge is 0.416 e. The normalized spacial score (nSPS) is 14.9. The molecule has 0 aromatic heterocycles. The molecule has 0 aliphatic rings. The molecule has 2 aromatic carbocycles. The highest BCUT2D eigenvalue weighted by Gasteiger charge is 2.31. The monoisotopic (exact) mass is 374 g/mol. The van der Waals surface area contributed by atoms with Crippen LogP contribution in [0.25, 0.3) is 0 Å². The molecule has 0 aliphatic carbocycles. The zero-order valence-electron chi connectivity index (χ0n) is 14.5. The van der Waals surface area contributed by atoms with Crippen LogP contribution in [-0.4, -0.2) is 0 Å². The minimum atomic E-state index is -4.37. The fourth-order valence-corrected chi connectivity index (χ4v) is 2.86. The van der Waals surface area contributed by atoms with Crippen LogP contribution in [0.1, 0.15) is 60.8 Å². The van der Waals surface area contributed by atoms with Crippen LogP contribution in [0, 0.1) is 0 Å². The Kier molecular flexibility index (Phi) is 6.04. The van der Waals surface area contributed by atoms with Crippen molar-refractivity contribution in [3.63, 3.8) is 0 Å². The summed E-state index contributed by atoms with van der Waals surface area (Å²) < 4.78 is 76.2. The van der Waals surface area contributed by atoms with Gasteiger partial charge in [-0.25, -0.2) is 0 Å². The molecule has 0 N–H and O–H groups in total. The molecule has 0 saturated heterocycles. The van der Waals surface area contributed by atoms with Gasteiger partial charge in [0.15, 0.2) is 0 Å². The van der Waals surface area contributed by atoms with Crippen molar-refractivity contribution < 1.29 is 26.3 Å². The summed E-state index contributed by atoms with van der Waals surface area (Å²) >= 11 is 0. The second kappa shape index (κ2) is 7.72. The van der Waals surface area contributed by atoms with Gasteiger partial charge in [-0.3, -0.25) is 0 Å². The van der Waals surface area contributed by atoms with E-state index in [9.17, 15) is 26.3 Å². The van der Waals surface area contributed by atoms with E-state index in [-0.39, 0.29) is 11.8 Å². The Morgan fingerprint density at radius 3 is 1.65 bits per heavy atom. The van der Waals surface area contributed by atoms with Crippen molar-refractivity contribution in [1.29, 1.82) is 0 Å². The molecule has 6 heteroatoms. The summed E-state index contributed by atoms with van der Waals surface area (Å²) in [4.78, 5) is 0. The van der Waals surface area contributed by atoms with Crippen molar-refractivity contribution in [2.75, 3.05) is 0 Å². The van der Waals surface area contributed by atoms with Crippen LogP contribution in [0.5, 0.6) is 0 Å². The molecular formula is C20H20F6. The van der Waals surface area contributed by atoms with Gasteiger partial charge in [-0.1, -0.05) is 44.2 Å². The van der Waals surface area contributed by atoms with Crippen molar-refractivity contribution in [3.05, 3.63) is 70.8 Å². The van der Waals surface area contributed by atoms with Gasteiger partial charge in [0, 0.05) is 0 Å². The third-order valence-electron chi connectivity index (χ3n) is 4.62. The third kappa shape index (κ3) is 5.26. The predicted octanol–water partition coefficient (Wildman–Crippen LogP) is 7.41. The molecule has 2 atom stereocenters. The van der Waals surface area contributed by atoms with Crippen LogP contribution in [0.4, 0.5) is 26.3 Å². The molecular weight excluding hydrogens is 354 g/mol. The lowest BCUT2D eigenvalue weighted by Gasteiger charge is -2.18. The van der Waals surface area contributed by atoms with Crippen molar-refractivity contribution in [1.82, 2.24) is 0 Å². The van der Waals surface area contributed by atoms with Crippen molar-refractivity contribution in [2.45, 2.75) is 50.9 Å². The maximum Gasteiger partial charge on any atom is 0.416 e. The van der Waals surface area contributed by atoms with E-state index in [1.807, 2.05) is 13.8 Å². The number of rotatable bonds is 5. The molecule has 0 fully saturated rings. The first-order valence-electron chi connectivity index (χ1n) is 8.33. The lowest BCUT2D eigenvalue weighted by Crippen LogP contribution is -2.07. The molecule has 0 aliphatic heterocycles.